The Hall–Kier alpha value is -1.90. The Bertz CT molecular complexity index is 673. The first-order valence-electron chi connectivity index (χ1n) is 6.43. The van der Waals surface area contributed by atoms with Crippen molar-refractivity contribution in [2.75, 3.05) is 5.32 Å². The van der Waals surface area contributed by atoms with Gasteiger partial charge in [-0.1, -0.05) is 48.9 Å². The number of nitriles is 1. The average Bonchev–Trinajstić information content (AvgIpc) is 2.88. The van der Waals surface area contributed by atoms with E-state index in [9.17, 15) is 4.79 Å². The number of thiazole rings is 1. The van der Waals surface area contributed by atoms with E-state index in [1.807, 2.05) is 32.0 Å². The van der Waals surface area contributed by atoms with E-state index in [1.165, 1.54) is 6.20 Å². The molecule has 0 saturated carbocycles. The highest BCUT2D eigenvalue weighted by molar-refractivity contribution is 7.16. The van der Waals surface area contributed by atoms with Gasteiger partial charge in [0.25, 0.3) is 0 Å². The molecule has 2 aromatic rings. The summed E-state index contributed by atoms with van der Waals surface area (Å²) in [6.07, 6.45) is 1.45. The van der Waals surface area contributed by atoms with Crippen molar-refractivity contribution in [2.45, 2.75) is 19.8 Å². The lowest BCUT2D eigenvalue weighted by atomic mass is 9.88. The van der Waals surface area contributed by atoms with Crippen LogP contribution < -0.4 is 5.32 Å². The normalized spacial score (nSPS) is 12.0. The second kappa shape index (κ2) is 6.70. The minimum Gasteiger partial charge on any atom is -0.301 e. The number of carbonyl (C=O) groups excluding carboxylic acids is 1. The molecule has 1 atom stereocenters. The Morgan fingerprint density at radius 2 is 2.05 bits per heavy atom. The third kappa shape index (κ3) is 3.81. The number of anilines is 1. The van der Waals surface area contributed by atoms with Crippen molar-refractivity contribution in [3.63, 3.8) is 0 Å². The van der Waals surface area contributed by atoms with E-state index >= 15 is 0 Å². The van der Waals surface area contributed by atoms with Crippen LogP contribution in [-0.2, 0) is 4.79 Å². The number of amides is 1. The molecule has 0 spiro atoms. The van der Waals surface area contributed by atoms with Crippen LogP contribution in [-0.4, -0.2) is 10.9 Å². The molecule has 1 N–H and O–H groups in total. The van der Waals surface area contributed by atoms with Gasteiger partial charge >= 0.3 is 0 Å². The van der Waals surface area contributed by atoms with Crippen LogP contribution in [0.4, 0.5) is 5.13 Å². The van der Waals surface area contributed by atoms with E-state index in [0.717, 1.165) is 16.9 Å². The second-order valence-corrected chi connectivity index (χ2v) is 6.37. The van der Waals surface area contributed by atoms with Crippen LogP contribution in [0, 0.1) is 17.2 Å². The van der Waals surface area contributed by atoms with Gasteiger partial charge in [-0.05, 0) is 23.6 Å². The number of nitrogens with zero attached hydrogens (tertiary/aromatic N) is 2. The zero-order valence-corrected chi connectivity index (χ0v) is 13.2. The summed E-state index contributed by atoms with van der Waals surface area (Å²) in [6.45, 7) is 3.98. The third-order valence-corrected chi connectivity index (χ3v) is 4.09. The maximum atomic E-state index is 12.5. The van der Waals surface area contributed by atoms with Gasteiger partial charge in [-0.25, -0.2) is 4.98 Å². The summed E-state index contributed by atoms with van der Waals surface area (Å²) in [4.78, 5) is 17.0. The van der Waals surface area contributed by atoms with Crippen molar-refractivity contribution in [1.29, 1.82) is 5.26 Å². The third-order valence-electron chi connectivity index (χ3n) is 3.02. The van der Waals surface area contributed by atoms with Gasteiger partial charge in [0.05, 0.1) is 12.1 Å². The molecule has 4 nitrogen and oxygen atoms in total. The monoisotopic (exact) mass is 319 g/mol. The summed E-state index contributed by atoms with van der Waals surface area (Å²) in [7, 11) is 0. The molecular formula is C15H14ClN3OS. The highest BCUT2D eigenvalue weighted by Gasteiger charge is 2.25. The first kappa shape index (κ1) is 15.5. The molecular weight excluding hydrogens is 306 g/mol. The molecule has 0 aliphatic heterocycles. The predicted octanol–water partition coefficient (Wildman–Crippen LogP) is 4.05. The molecule has 0 radical (unpaired) electrons. The topological polar surface area (TPSA) is 65.8 Å². The molecule has 1 heterocycles. The number of rotatable bonds is 4. The Morgan fingerprint density at radius 3 is 2.57 bits per heavy atom. The Balaban J connectivity index is 2.20. The maximum Gasteiger partial charge on any atom is 0.233 e. The number of halogens is 1. The van der Waals surface area contributed by atoms with Crippen LogP contribution >= 0.6 is 22.9 Å². The van der Waals surface area contributed by atoms with Gasteiger partial charge in [0, 0.05) is 5.02 Å². The summed E-state index contributed by atoms with van der Waals surface area (Å²) >= 11 is 7.05. The zero-order valence-electron chi connectivity index (χ0n) is 11.6. The molecule has 0 aliphatic carbocycles. The molecule has 0 fully saturated rings. The lowest BCUT2D eigenvalue weighted by Crippen LogP contribution is -2.25. The molecule has 1 amide bonds. The van der Waals surface area contributed by atoms with Crippen molar-refractivity contribution < 1.29 is 4.79 Å². The number of hydrogen-bond acceptors (Lipinski definition) is 4. The van der Waals surface area contributed by atoms with Gasteiger partial charge in [0.1, 0.15) is 10.9 Å². The number of hydrogen-bond donors (Lipinski definition) is 1. The van der Waals surface area contributed by atoms with E-state index in [0.29, 0.717) is 15.0 Å². The lowest BCUT2D eigenvalue weighted by molar-refractivity contribution is -0.118. The predicted molar refractivity (Wildman–Crippen MR) is 84.5 cm³/mol. The number of carbonyl (C=O) groups is 1. The van der Waals surface area contributed by atoms with Crippen LogP contribution in [0.1, 0.15) is 30.2 Å². The molecule has 1 aromatic heterocycles. The number of nitrogens with one attached hydrogen (secondary N) is 1. The molecule has 1 aromatic carbocycles. The fourth-order valence-corrected chi connectivity index (χ4v) is 2.82. The number of aromatic nitrogens is 1. The van der Waals surface area contributed by atoms with Gasteiger partial charge in [-0.15, -0.1) is 0 Å². The molecule has 6 heteroatoms. The van der Waals surface area contributed by atoms with Gasteiger partial charge in [-0.2, -0.15) is 5.26 Å². The average molecular weight is 320 g/mol. The Kier molecular flexibility index (Phi) is 4.94. The lowest BCUT2D eigenvalue weighted by Gasteiger charge is -2.20. The first-order chi connectivity index (χ1) is 10.0. The van der Waals surface area contributed by atoms with E-state index in [-0.39, 0.29) is 17.7 Å². The largest absolute Gasteiger partial charge is 0.301 e. The molecule has 0 saturated heterocycles. The van der Waals surface area contributed by atoms with Crippen molar-refractivity contribution in [2.24, 2.45) is 5.92 Å². The Morgan fingerprint density at radius 1 is 1.38 bits per heavy atom. The Labute approximate surface area is 132 Å². The van der Waals surface area contributed by atoms with Gasteiger partial charge in [-0.3, -0.25) is 4.79 Å². The van der Waals surface area contributed by atoms with Crippen molar-refractivity contribution >= 4 is 34.0 Å². The van der Waals surface area contributed by atoms with E-state index in [1.54, 1.807) is 12.1 Å². The fraction of sp³-hybridized carbons (Fsp3) is 0.267. The highest BCUT2D eigenvalue weighted by Crippen LogP contribution is 2.28. The SMILES string of the molecule is CC(C)[C@H](C(=O)Nc1ncc(C#N)s1)c1ccc(Cl)cc1. The quantitative estimate of drug-likeness (QED) is 0.924. The summed E-state index contributed by atoms with van der Waals surface area (Å²) < 4.78 is 0. The molecule has 21 heavy (non-hydrogen) atoms. The summed E-state index contributed by atoms with van der Waals surface area (Å²) in [6, 6.07) is 9.26. The van der Waals surface area contributed by atoms with Gasteiger partial charge in [0.2, 0.25) is 5.91 Å². The van der Waals surface area contributed by atoms with Crippen LogP contribution in [0.5, 0.6) is 0 Å². The smallest absolute Gasteiger partial charge is 0.233 e. The minimum atomic E-state index is -0.295. The van der Waals surface area contributed by atoms with Crippen molar-refractivity contribution in [3.8, 4) is 6.07 Å². The van der Waals surface area contributed by atoms with Crippen LogP contribution in [0.15, 0.2) is 30.5 Å². The van der Waals surface area contributed by atoms with Crippen molar-refractivity contribution in [3.05, 3.63) is 45.9 Å². The molecule has 0 unspecified atom stereocenters. The van der Waals surface area contributed by atoms with Crippen molar-refractivity contribution in [1.82, 2.24) is 4.98 Å². The van der Waals surface area contributed by atoms with Crippen LogP contribution in [0.3, 0.4) is 0 Å². The second-order valence-electron chi connectivity index (χ2n) is 4.90. The summed E-state index contributed by atoms with van der Waals surface area (Å²) in [5.41, 5.74) is 0.906. The first-order valence-corrected chi connectivity index (χ1v) is 7.63. The van der Waals surface area contributed by atoms with Crippen LogP contribution in [0.2, 0.25) is 5.02 Å². The minimum absolute atomic E-state index is 0.126. The number of benzene rings is 1. The highest BCUT2D eigenvalue weighted by atomic mass is 35.5. The summed E-state index contributed by atoms with van der Waals surface area (Å²) in [5, 5.41) is 12.6. The van der Waals surface area contributed by atoms with Crippen LogP contribution in [0.25, 0.3) is 0 Å². The van der Waals surface area contributed by atoms with E-state index in [2.05, 4.69) is 10.3 Å². The molecule has 0 aliphatic rings. The van der Waals surface area contributed by atoms with E-state index < -0.39 is 0 Å². The fourth-order valence-electron chi connectivity index (χ4n) is 2.08. The molecule has 108 valence electrons. The van der Waals surface area contributed by atoms with Gasteiger partial charge in [0.15, 0.2) is 5.13 Å². The summed E-state index contributed by atoms with van der Waals surface area (Å²) in [5.74, 6) is -0.301. The standard InChI is InChI=1S/C15H14ClN3OS/c1-9(2)13(10-3-5-11(16)6-4-10)14(20)19-15-18-8-12(7-17)21-15/h3-6,8-9,13H,1-2H3,(H,18,19,20)/t13-/m0/s1. The maximum absolute atomic E-state index is 12.5. The van der Waals surface area contributed by atoms with E-state index in [4.69, 9.17) is 16.9 Å². The molecule has 2 rings (SSSR count). The zero-order chi connectivity index (χ0) is 15.4. The molecule has 0 bridgehead atoms. The van der Waals surface area contributed by atoms with Gasteiger partial charge < -0.3 is 5.32 Å².